The van der Waals surface area contributed by atoms with Crippen LogP contribution in [0.3, 0.4) is 0 Å². The highest BCUT2D eigenvalue weighted by Crippen LogP contribution is 2.12. The lowest BCUT2D eigenvalue weighted by Crippen LogP contribution is -2.34. The van der Waals surface area contributed by atoms with Crippen LogP contribution in [-0.4, -0.2) is 54.6 Å². The van der Waals surface area contributed by atoms with Crippen LogP contribution in [0.2, 0.25) is 0 Å². The number of sulfonamides is 1. The molecule has 0 aliphatic carbocycles. The number of carbonyl (C=O) groups is 1. The summed E-state index contributed by atoms with van der Waals surface area (Å²) < 4.78 is 26.1. The molecule has 0 fully saturated rings. The zero-order valence-electron chi connectivity index (χ0n) is 12.3. The fourth-order valence-electron chi connectivity index (χ4n) is 1.79. The van der Waals surface area contributed by atoms with Gasteiger partial charge in [0, 0.05) is 45.5 Å². The van der Waals surface area contributed by atoms with Crippen LogP contribution < -0.4 is 5.32 Å². The maximum atomic E-state index is 11.8. The van der Waals surface area contributed by atoms with E-state index in [9.17, 15) is 13.2 Å². The van der Waals surface area contributed by atoms with Crippen molar-refractivity contribution in [3.05, 3.63) is 18.2 Å². The molecule has 1 aromatic heterocycles. The van der Waals surface area contributed by atoms with Crippen molar-refractivity contribution in [1.82, 2.24) is 19.2 Å². The molecular weight excluding hydrogens is 280 g/mol. The van der Waals surface area contributed by atoms with Crippen LogP contribution in [0.25, 0.3) is 0 Å². The molecule has 20 heavy (non-hydrogen) atoms. The van der Waals surface area contributed by atoms with Gasteiger partial charge in [0.15, 0.2) is 0 Å². The molecular formula is C12H22N4O3S. The van der Waals surface area contributed by atoms with E-state index in [1.807, 2.05) is 24.6 Å². The fraction of sp³-hybridized carbons (Fsp3) is 0.667. The second-order valence-corrected chi connectivity index (χ2v) is 7.19. The number of rotatable bonds is 7. The smallest absolute Gasteiger partial charge is 0.222 e. The maximum Gasteiger partial charge on any atom is 0.222 e. The van der Waals surface area contributed by atoms with E-state index < -0.39 is 10.0 Å². The van der Waals surface area contributed by atoms with Crippen LogP contribution in [0.5, 0.6) is 0 Å². The first kappa shape index (κ1) is 16.6. The Hall–Kier alpha value is -1.41. The van der Waals surface area contributed by atoms with Gasteiger partial charge in [0.25, 0.3) is 0 Å². The molecule has 0 aliphatic rings. The van der Waals surface area contributed by atoms with Gasteiger partial charge in [-0.2, -0.15) is 0 Å². The molecule has 0 bridgehead atoms. The summed E-state index contributed by atoms with van der Waals surface area (Å²) in [5, 5.41) is 2.63. The van der Waals surface area contributed by atoms with E-state index in [1.165, 1.54) is 14.1 Å². The zero-order valence-corrected chi connectivity index (χ0v) is 13.1. The molecule has 1 heterocycles. The number of hydrogen-bond donors (Lipinski definition) is 1. The van der Waals surface area contributed by atoms with Gasteiger partial charge in [0.05, 0.1) is 5.75 Å². The molecule has 8 heteroatoms. The third kappa shape index (κ3) is 4.61. The first-order chi connectivity index (χ1) is 9.24. The molecule has 1 aromatic rings. The Morgan fingerprint density at radius 1 is 1.50 bits per heavy atom. The first-order valence-electron chi connectivity index (χ1n) is 6.40. The van der Waals surface area contributed by atoms with Gasteiger partial charge in [-0.05, 0) is 13.8 Å². The number of imidazole rings is 1. The molecule has 0 spiro atoms. The van der Waals surface area contributed by atoms with Crippen LogP contribution in [-0.2, 0) is 14.8 Å². The van der Waals surface area contributed by atoms with Crippen LogP contribution in [0.4, 0.5) is 0 Å². The summed E-state index contributed by atoms with van der Waals surface area (Å²) in [6.45, 7) is 3.91. The summed E-state index contributed by atoms with van der Waals surface area (Å²) in [5.41, 5.74) is 0. The summed E-state index contributed by atoms with van der Waals surface area (Å²) in [7, 11) is -0.322. The lowest BCUT2D eigenvalue weighted by atomic mass is 10.2. The van der Waals surface area contributed by atoms with Crippen molar-refractivity contribution in [2.75, 3.05) is 26.4 Å². The highest BCUT2D eigenvalue weighted by Gasteiger charge is 2.15. The van der Waals surface area contributed by atoms with Gasteiger partial charge in [-0.15, -0.1) is 0 Å². The predicted octanol–water partition coefficient (Wildman–Crippen LogP) is 0.150. The molecule has 7 nitrogen and oxygen atoms in total. The molecule has 1 amide bonds. The maximum absolute atomic E-state index is 11.8. The van der Waals surface area contributed by atoms with E-state index in [0.717, 1.165) is 10.1 Å². The van der Waals surface area contributed by atoms with Crippen LogP contribution in [0.1, 0.15) is 25.2 Å². The van der Waals surface area contributed by atoms with Crippen LogP contribution in [0.15, 0.2) is 12.4 Å². The van der Waals surface area contributed by atoms with Gasteiger partial charge in [-0.25, -0.2) is 17.7 Å². The Morgan fingerprint density at radius 3 is 2.65 bits per heavy atom. The number of carbonyl (C=O) groups excluding carboxylic acids is 1. The second-order valence-electron chi connectivity index (χ2n) is 4.88. The van der Waals surface area contributed by atoms with E-state index in [1.54, 1.807) is 6.20 Å². The summed E-state index contributed by atoms with van der Waals surface area (Å²) in [4.78, 5) is 15.9. The number of amides is 1. The van der Waals surface area contributed by atoms with Gasteiger partial charge in [-0.3, -0.25) is 4.79 Å². The van der Waals surface area contributed by atoms with E-state index in [4.69, 9.17) is 0 Å². The van der Waals surface area contributed by atoms with Crippen molar-refractivity contribution in [1.29, 1.82) is 0 Å². The SMILES string of the molecule is Cc1nccn1C(C)CC(=O)NCCS(=O)(=O)N(C)C. The van der Waals surface area contributed by atoms with E-state index in [-0.39, 0.29) is 24.2 Å². The molecule has 114 valence electrons. The van der Waals surface area contributed by atoms with E-state index in [2.05, 4.69) is 10.3 Å². The molecule has 0 saturated heterocycles. The van der Waals surface area contributed by atoms with E-state index >= 15 is 0 Å². The van der Waals surface area contributed by atoms with Gasteiger partial charge in [-0.1, -0.05) is 0 Å². The predicted molar refractivity (Wildman–Crippen MR) is 76.8 cm³/mol. The lowest BCUT2D eigenvalue weighted by molar-refractivity contribution is -0.121. The lowest BCUT2D eigenvalue weighted by Gasteiger charge is -2.15. The van der Waals surface area contributed by atoms with Crippen LogP contribution in [0, 0.1) is 6.92 Å². The average Bonchev–Trinajstić information content (AvgIpc) is 2.74. The van der Waals surface area contributed by atoms with Crippen molar-refractivity contribution in [2.24, 2.45) is 0 Å². The topological polar surface area (TPSA) is 84.3 Å². The minimum Gasteiger partial charge on any atom is -0.355 e. The Morgan fingerprint density at radius 2 is 2.15 bits per heavy atom. The van der Waals surface area contributed by atoms with E-state index in [0.29, 0.717) is 6.42 Å². The third-order valence-electron chi connectivity index (χ3n) is 3.06. The standard InChI is InChI=1S/C12H22N4O3S/c1-10(16-7-5-13-11(16)2)9-12(17)14-6-8-20(18,19)15(3)4/h5,7,10H,6,8-9H2,1-4H3,(H,14,17). The molecule has 0 aromatic carbocycles. The Bertz CT molecular complexity index is 551. The summed E-state index contributed by atoms with van der Waals surface area (Å²) in [6.07, 6.45) is 3.80. The van der Waals surface area contributed by atoms with Crippen LogP contribution >= 0.6 is 0 Å². The normalized spacial score (nSPS) is 13.4. The number of nitrogens with one attached hydrogen (secondary N) is 1. The summed E-state index contributed by atoms with van der Waals surface area (Å²) >= 11 is 0. The van der Waals surface area contributed by atoms with Gasteiger partial charge in [0.2, 0.25) is 15.9 Å². The van der Waals surface area contributed by atoms with Crippen molar-refractivity contribution in [3.63, 3.8) is 0 Å². The number of nitrogens with zero attached hydrogens (tertiary/aromatic N) is 3. The molecule has 1 unspecified atom stereocenters. The molecule has 0 aliphatic heterocycles. The molecule has 1 rings (SSSR count). The van der Waals surface area contributed by atoms with Gasteiger partial charge in [0.1, 0.15) is 5.82 Å². The average molecular weight is 302 g/mol. The monoisotopic (exact) mass is 302 g/mol. The molecule has 0 radical (unpaired) electrons. The second kappa shape index (κ2) is 6.85. The van der Waals surface area contributed by atoms with Gasteiger partial charge >= 0.3 is 0 Å². The molecule has 0 saturated carbocycles. The number of hydrogen-bond acceptors (Lipinski definition) is 4. The highest BCUT2D eigenvalue weighted by atomic mass is 32.2. The summed E-state index contributed by atoms with van der Waals surface area (Å²) in [5.74, 6) is 0.588. The number of aromatic nitrogens is 2. The Balaban J connectivity index is 2.40. The minimum absolute atomic E-state index is 0.0112. The highest BCUT2D eigenvalue weighted by molar-refractivity contribution is 7.89. The fourth-order valence-corrected chi connectivity index (χ4v) is 2.52. The third-order valence-corrected chi connectivity index (χ3v) is 4.89. The largest absolute Gasteiger partial charge is 0.355 e. The molecule has 1 atom stereocenters. The zero-order chi connectivity index (χ0) is 15.3. The number of aryl methyl sites for hydroxylation is 1. The van der Waals surface area contributed by atoms with Crippen molar-refractivity contribution in [2.45, 2.75) is 26.3 Å². The van der Waals surface area contributed by atoms with Gasteiger partial charge < -0.3 is 9.88 Å². The summed E-state index contributed by atoms with van der Waals surface area (Å²) in [6, 6.07) is -0.0112. The minimum atomic E-state index is -3.27. The Kier molecular flexibility index (Phi) is 5.70. The van der Waals surface area contributed by atoms with Crippen molar-refractivity contribution < 1.29 is 13.2 Å². The van der Waals surface area contributed by atoms with Crippen molar-refractivity contribution in [3.8, 4) is 0 Å². The first-order valence-corrected chi connectivity index (χ1v) is 8.01. The molecule has 1 N–H and O–H groups in total. The van der Waals surface area contributed by atoms with Crippen molar-refractivity contribution >= 4 is 15.9 Å². The Labute approximate surface area is 120 Å². The quantitative estimate of drug-likeness (QED) is 0.777.